The van der Waals surface area contributed by atoms with Gasteiger partial charge in [0, 0.05) is 27.8 Å². The highest BCUT2D eigenvalue weighted by atomic mass is 79.9. The number of carbonyl (C=O) groups excluding carboxylic acids is 2. The Hall–Kier alpha value is -2.66. The molecule has 4 nitrogen and oxygen atoms in total. The molecule has 0 saturated carbocycles. The molecule has 2 aromatic rings. The summed E-state index contributed by atoms with van der Waals surface area (Å²) in [5.74, 6) is -2.46. The highest BCUT2D eigenvalue weighted by molar-refractivity contribution is 9.10. The van der Waals surface area contributed by atoms with Crippen molar-refractivity contribution in [2.75, 3.05) is 0 Å². The van der Waals surface area contributed by atoms with E-state index in [9.17, 15) is 19.8 Å². The Morgan fingerprint density at radius 2 is 1.17 bits per heavy atom. The zero-order valence-electron chi connectivity index (χ0n) is 12.9. The van der Waals surface area contributed by atoms with Gasteiger partial charge >= 0.3 is 0 Å². The Morgan fingerprint density at radius 1 is 0.792 bits per heavy atom. The highest BCUT2D eigenvalue weighted by Crippen LogP contribution is 2.16. The molecule has 0 bridgehead atoms. The summed E-state index contributed by atoms with van der Waals surface area (Å²) in [4.78, 5) is 23.7. The van der Waals surface area contributed by atoms with Gasteiger partial charge in [-0.3, -0.25) is 9.59 Å². The van der Waals surface area contributed by atoms with Crippen molar-refractivity contribution in [3.05, 3.63) is 81.8 Å². The smallest absolute Gasteiger partial charge is 0.229 e. The van der Waals surface area contributed by atoms with Crippen LogP contribution in [0.5, 0.6) is 0 Å². The van der Waals surface area contributed by atoms with Crippen molar-refractivity contribution in [1.29, 1.82) is 0 Å². The lowest BCUT2D eigenvalue weighted by atomic mass is 10.1. The first kappa shape index (κ1) is 17.7. The van der Waals surface area contributed by atoms with E-state index in [0.717, 1.165) is 22.2 Å². The van der Waals surface area contributed by atoms with E-state index in [-0.39, 0.29) is 11.5 Å². The van der Waals surface area contributed by atoms with Crippen LogP contribution in [-0.4, -0.2) is 21.8 Å². The third-order valence-electron chi connectivity index (χ3n) is 3.27. The zero-order chi connectivity index (χ0) is 17.7. The third kappa shape index (κ3) is 4.67. The van der Waals surface area contributed by atoms with Gasteiger partial charge in [0.15, 0.2) is 0 Å². The first-order valence-corrected chi connectivity index (χ1v) is 7.88. The lowest BCUT2D eigenvalue weighted by Gasteiger charge is -2.01. The maximum Gasteiger partial charge on any atom is 0.229 e. The van der Waals surface area contributed by atoms with Gasteiger partial charge in [0.05, 0.1) is 0 Å². The van der Waals surface area contributed by atoms with Crippen LogP contribution in [0.2, 0.25) is 0 Å². The predicted octanol–water partition coefficient (Wildman–Crippen LogP) is 4.39. The summed E-state index contributed by atoms with van der Waals surface area (Å²) < 4.78 is 0.826. The molecule has 2 aromatic carbocycles. The van der Waals surface area contributed by atoms with Gasteiger partial charge in [0.2, 0.25) is 11.6 Å². The lowest BCUT2D eigenvalue weighted by Crippen LogP contribution is -2.09. The van der Waals surface area contributed by atoms with Crippen LogP contribution in [0, 0.1) is 6.92 Å². The first-order chi connectivity index (χ1) is 11.4. The highest BCUT2D eigenvalue weighted by Gasteiger charge is 2.12. The van der Waals surface area contributed by atoms with E-state index in [2.05, 4.69) is 15.9 Å². The molecule has 0 saturated heterocycles. The Morgan fingerprint density at radius 3 is 1.58 bits per heavy atom. The summed E-state index contributed by atoms with van der Waals surface area (Å²) in [6.07, 6.45) is 1.68. The number of allylic oxidation sites excluding steroid dienone is 2. The van der Waals surface area contributed by atoms with E-state index < -0.39 is 11.6 Å². The second-order valence-electron chi connectivity index (χ2n) is 5.16. The van der Waals surface area contributed by atoms with E-state index in [1.165, 1.54) is 0 Å². The van der Waals surface area contributed by atoms with Gasteiger partial charge in [0.25, 0.3) is 0 Å². The number of carbonyl (C=O) groups is 2. The molecule has 0 fully saturated rings. The number of halogens is 1. The summed E-state index contributed by atoms with van der Waals surface area (Å²) >= 11 is 3.26. The number of aliphatic hydroxyl groups excluding tert-OH is 2. The summed E-state index contributed by atoms with van der Waals surface area (Å²) in [5, 5.41) is 19.8. The zero-order valence-corrected chi connectivity index (χ0v) is 14.4. The molecule has 2 N–H and O–H groups in total. The van der Waals surface area contributed by atoms with Crippen molar-refractivity contribution in [1.82, 2.24) is 0 Å². The van der Waals surface area contributed by atoms with E-state index >= 15 is 0 Å². The van der Waals surface area contributed by atoms with Crippen LogP contribution in [0.4, 0.5) is 0 Å². The third-order valence-corrected chi connectivity index (χ3v) is 3.79. The van der Waals surface area contributed by atoms with Gasteiger partial charge in [-0.25, -0.2) is 0 Å². The SMILES string of the molecule is Cc1ccc(/C(O)=C/C(=O)C(=O)/C=C(\O)c2ccc(Br)cc2)cc1. The quantitative estimate of drug-likeness (QED) is 0.453. The second kappa shape index (κ2) is 7.75. The Balaban J connectivity index is 2.15. The van der Waals surface area contributed by atoms with Gasteiger partial charge in [-0.15, -0.1) is 0 Å². The monoisotopic (exact) mass is 386 g/mol. The number of benzene rings is 2. The maximum atomic E-state index is 11.9. The Labute approximate surface area is 147 Å². The molecule has 122 valence electrons. The van der Waals surface area contributed by atoms with Crippen LogP contribution in [0.25, 0.3) is 11.5 Å². The van der Waals surface area contributed by atoms with E-state index in [0.29, 0.717) is 11.1 Å². The molecule has 0 aliphatic heterocycles. The van der Waals surface area contributed by atoms with Crippen LogP contribution >= 0.6 is 15.9 Å². The minimum Gasteiger partial charge on any atom is -0.507 e. The molecule has 0 unspecified atom stereocenters. The molecule has 2 rings (SSSR count). The number of rotatable bonds is 5. The van der Waals surface area contributed by atoms with Crippen LogP contribution in [0.15, 0.2) is 65.2 Å². The van der Waals surface area contributed by atoms with Crippen LogP contribution < -0.4 is 0 Å². The molecule has 0 aliphatic carbocycles. The predicted molar refractivity (Wildman–Crippen MR) is 96.5 cm³/mol. The standard InChI is InChI=1S/C19H15BrO4/c1-12-2-4-13(5-3-12)16(21)10-18(23)19(24)11-17(22)14-6-8-15(20)9-7-14/h2-11,21-22H,1H3/b16-10-,17-11-. The summed E-state index contributed by atoms with van der Waals surface area (Å²) in [6.45, 7) is 1.90. The van der Waals surface area contributed by atoms with Crippen LogP contribution in [0.3, 0.4) is 0 Å². The van der Waals surface area contributed by atoms with Crippen molar-refractivity contribution in [3.8, 4) is 0 Å². The molecule has 0 spiro atoms. The molecule has 0 heterocycles. The van der Waals surface area contributed by atoms with Crippen LogP contribution in [0.1, 0.15) is 16.7 Å². The maximum absolute atomic E-state index is 11.9. The van der Waals surface area contributed by atoms with Crippen molar-refractivity contribution in [3.63, 3.8) is 0 Å². The minimum atomic E-state index is -0.922. The van der Waals surface area contributed by atoms with Gasteiger partial charge in [-0.05, 0) is 19.1 Å². The number of hydrogen-bond donors (Lipinski definition) is 2. The largest absolute Gasteiger partial charge is 0.507 e. The molecule has 0 atom stereocenters. The van der Waals surface area contributed by atoms with Gasteiger partial charge in [-0.2, -0.15) is 0 Å². The second-order valence-corrected chi connectivity index (χ2v) is 6.08. The normalized spacial score (nSPS) is 12.1. The Kier molecular flexibility index (Phi) is 5.71. The molecule has 0 aromatic heterocycles. The van der Waals surface area contributed by atoms with Gasteiger partial charge in [0.1, 0.15) is 11.5 Å². The average molecular weight is 387 g/mol. The molecule has 24 heavy (non-hydrogen) atoms. The van der Waals surface area contributed by atoms with Crippen molar-refractivity contribution in [2.24, 2.45) is 0 Å². The summed E-state index contributed by atoms with van der Waals surface area (Å²) in [7, 11) is 0. The van der Waals surface area contributed by atoms with Gasteiger partial charge < -0.3 is 10.2 Å². The van der Waals surface area contributed by atoms with E-state index in [4.69, 9.17) is 0 Å². The lowest BCUT2D eigenvalue weighted by molar-refractivity contribution is -0.130. The molecule has 0 aliphatic rings. The average Bonchev–Trinajstić information content (AvgIpc) is 2.55. The number of ketones is 2. The molecular formula is C19H15BrO4. The fourth-order valence-corrected chi connectivity index (χ4v) is 2.17. The molecular weight excluding hydrogens is 372 g/mol. The molecule has 5 heteroatoms. The van der Waals surface area contributed by atoms with Crippen molar-refractivity contribution < 1.29 is 19.8 Å². The number of aryl methyl sites for hydroxylation is 1. The van der Waals surface area contributed by atoms with E-state index in [1.54, 1.807) is 48.5 Å². The number of aliphatic hydroxyl groups is 2. The first-order valence-electron chi connectivity index (χ1n) is 7.09. The number of hydrogen-bond acceptors (Lipinski definition) is 4. The van der Waals surface area contributed by atoms with Crippen LogP contribution in [-0.2, 0) is 9.59 Å². The van der Waals surface area contributed by atoms with Crippen molar-refractivity contribution in [2.45, 2.75) is 6.92 Å². The summed E-state index contributed by atoms with van der Waals surface area (Å²) in [6, 6.07) is 13.5. The fraction of sp³-hybridized carbons (Fsp3) is 0.0526. The van der Waals surface area contributed by atoms with Gasteiger partial charge in [-0.1, -0.05) is 57.9 Å². The van der Waals surface area contributed by atoms with E-state index in [1.807, 2.05) is 6.92 Å². The fourth-order valence-electron chi connectivity index (χ4n) is 1.90. The van der Waals surface area contributed by atoms with Crippen molar-refractivity contribution >= 4 is 39.0 Å². The molecule has 0 radical (unpaired) electrons. The minimum absolute atomic E-state index is 0.301. The Bertz CT molecular complexity index is 744. The molecule has 0 amide bonds. The topological polar surface area (TPSA) is 74.6 Å². The summed E-state index contributed by atoms with van der Waals surface area (Å²) in [5.41, 5.74) is 1.85.